The van der Waals surface area contributed by atoms with Crippen LogP contribution in [0.2, 0.25) is 0 Å². The Kier molecular flexibility index (Phi) is 4.71. The van der Waals surface area contributed by atoms with Crippen LogP contribution in [0, 0.1) is 5.41 Å². The van der Waals surface area contributed by atoms with E-state index >= 15 is 0 Å². The molecule has 104 valence electrons. The van der Waals surface area contributed by atoms with Crippen molar-refractivity contribution in [3.8, 4) is 0 Å². The molecule has 1 aromatic rings. The number of anilines is 1. The zero-order valence-electron chi connectivity index (χ0n) is 11.5. The molecule has 1 unspecified atom stereocenters. The summed E-state index contributed by atoms with van der Waals surface area (Å²) in [5, 5.41) is 7.84. The molecule has 1 atom stereocenters. The molecule has 1 aromatic carbocycles. The first-order chi connectivity index (χ1) is 9.17. The second kappa shape index (κ2) is 6.30. The molecule has 3 N–H and O–H groups in total. The molecular weight excluding hydrogens is 258 g/mol. The number of thioether (sulfide) groups is 1. The summed E-state index contributed by atoms with van der Waals surface area (Å²) in [6, 6.07) is 6.10. The smallest absolute Gasteiger partial charge is 0.126 e. The van der Waals surface area contributed by atoms with Crippen molar-refractivity contribution in [2.24, 2.45) is 5.73 Å². The molecule has 0 amide bonds. The zero-order chi connectivity index (χ0) is 13.8. The van der Waals surface area contributed by atoms with Crippen LogP contribution in [0.1, 0.15) is 18.9 Å². The van der Waals surface area contributed by atoms with E-state index in [0.29, 0.717) is 0 Å². The van der Waals surface area contributed by atoms with E-state index in [0.717, 1.165) is 42.3 Å². The minimum absolute atomic E-state index is 0.138. The fourth-order valence-electron chi connectivity index (χ4n) is 2.41. The monoisotopic (exact) mass is 279 g/mol. The van der Waals surface area contributed by atoms with Crippen LogP contribution in [0.4, 0.5) is 5.69 Å². The average molecular weight is 279 g/mol. The summed E-state index contributed by atoms with van der Waals surface area (Å²) in [6.45, 7) is 4.60. The molecule has 2 rings (SSSR count). The van der Waals surface area contributed by atoms with Gasteiger partial charge in [0.05, 0.1) is 18.3 Å². The van der Waals surface area contributed by atoms with Gasteiger partial charge in [-0.25, -0.2) is 0 Å². The summed E-state index contributed by atoms with van der Waals surface area (Å²) in [7, 11) is 0. The van der Waals surface area contributed by atoms with Gasteiger partial charge in [0.1, 0.15) is 5.84 Å². The molecule has 19 heavy (non-hydrogen) atoms. The number of ether oxygens (including phenoxy) is 1. The van der Waals surface area contributed by atoms with Gasteiger partial charge in [0.25, 0.3) is 0 Å². The van der Waals surface area contributed by atoms with Gasteiger partial charge in [-0.15, -0.1) is 11.8 Å². The second-order valence-corrected chi connectivity index (χ2v) is 5.46. The summed E-state index contributed by atoms with van der Waals surface area (Å²) in [4.78, 5) is 3.35. The van der Waals surface area contributed by atoms with Gasteiger partial charge in [0.15, 0.2) is 0 Å². The van der Waals surface area contributed by atoms with Crippen LogP contribution in [0.25, 0.3) is 0 Å². The van der Waals surface area contributed by atoms with E-state index in [9.17, 15) is 0 Å². The van der Waals surface area contributed by atoms with E-state index < -0.39 is 0 Å². The Morgan fingerprint density at radius 2 is 2.37 bits per heavy atom. The van der Waals surface area contributed by atoms with Gasteiger partial charge >= 0.3 is 0 Å². The average Bonchev–Trinajstić information content (AvgIpc) is 2.46. The molecular formula is C14H21N3OS. The number of hydrogen-bond donors (Lipinski definition) is 2. The highest BCUT2D eigenvalue weighted by Crippen LogP contribution is 2.30. The molecule has 1 aliphatic heterocycles. The Labute approximate surface area is 118 Å². The molecule has 5 heteroatoms. The number of hydrogen-bond acceptors (Lipinski definition) is 4. The van der Waals surface area contributed by atoms with E-state index in [2.05, 4.69) is 17.9 Å². The van der Waals surface area contributed by atoms with Crippen molar-refractivity contribution in [1.29, 1.82) is 5.41 Å². The van der Waals surface area contributed by atoms with Crippen molar-refractivity contribution in [3.05, 3.63) is 23.8 Å². The normalized spacial score (nSPS) is 19.5. The van der Waals surface area contributed by atoms with Crippen LogP contribution in [0.5, 0.6) is 0 Å². The SMILES string of the molecule is CCC1CN(c2cccc(SC)c2C(=N)N)CCO1. The van der Waals surface area contributed by atoms with Gasteiger partial charge in [-0.3, -0.25) is 5.41 Å². The summed E-state index contributed by atoms with van der Waals surface area (Å²) >= 11 is 1.63. The van der Waals surface area contributed by atoms with Gasteiger partial charge in [-0.1, -0.05) is 13.0 Å². The van der Waals surface area contributed by atoms with Crippen LogP contribution < -0.4 is 10.6 Å². The summed E-state index contributed by atoms with van der Waals surface area (Å²) in [5.41, 5.74) is 7.69. The first kappa shape index (κ1) is 14.2. The number of rotatable bonds is 4. The first-order valence-electron chi connectivity index (χ1n) is 6.55. The third kappa shape index (κ3) is 3.04. The fraction of sp³-hybridized carbons (Fsp3) is 0.500. The van der Waals surface area contributed by atoms with Crippen LogP contribution in [-0.2, 0) is 4.74 Å². The Morgan fingerprint density at radius 1 is 1.58 bits per heavy atom. The summed E-state index contributed by atoms with van der Waals surface area (Å²) in [6.07, 6.45) is 3.29. The minimum Gasteiger partial charge on any atom is -0.384 e. The van der Waals surface area contributed by atoms with E-state index in [1.165, 1.54) is 0 Å². The molecule has 0 saturated carbocycles. The maximum atomic E-state index is 7.84. The van der Waals surface area contributed by atoms with Crippen molar-refractivity contribution in [1.82, 2.24) is 0 Å². The molecule has 0 bridgehead atoms. The van der Waals surface area contributed by atoms with Crippen LogP contribution in [0.15, 0.2) is 23.1 Å². The third-order valence-electron chi connectivity index (χ3n) is 3.43. The number of nitrogen functional groups attached to an aromatic ring is 1. The van der Waals surface area contributed by atoms with E-state index in [1.807, 2.05) is 18.4 Å². The predicted molar refractivity (Wildman–Crippen MR) is 81.5 cm³/mol. The Morgan fingerprint density at radius 3 is 3.00 bits per heavy atom. The van der Waals surface area contributed by atoms with E-state index in [1.54, 1.807) is 11.8 Å². The molecule has 0 aromatic heterocycles. The number of benzene rings is 1. The van der Waals surface area contributed by atoms with Gasteiger partial charge in [-0.05, 0) is 24.8 Å². The largest absolute Gasteiger partial charge is 0.384 e. The van der Waals surface area contributed by atoms with Crippen molar-refractivity contribution >= 4 is 23.3 Å². The number of morpholine rings is 1. The van der Waals surface area contributed by atoms with Crippen LogP contribution >= 0.6 is 11.8 Å². The van der Waals surface area contributed by atoms with Crippen LogP contribution in [-0.4, -0.2) is 37.9 Å². The van der Waals surface area contributed by atoms with Crippen LogP contribution in [0.3, 0.4) is 0 Å². The van der Waals surface area contributed by atoms with Gasteiger partial charge in [0.2, 0.25) is 0 Å². The molecule has 0 aliphatic carbocycles. The molecule has 1 fully saturated rings. The molecule has 0 radical (unpaired) electrons. The van der Waals surface area contributed by atoms with E-state index in [4.69, 9.17) is 15.9 Å². The van der Waals surface area contributed by atoms with E-state index in [-0.39, 0.29) is 11.9 Å². The van der Waals surface area contributed by atoms with Gasteiger partial charge in [0, 0.05) is 23.7 Å². The van der Waals surface area contributed by atoms with Gasteiger partial charge < -0.3 is 15.4 Å². The van der Waals surface area contributed by atoms with Crippen molar-refractivity contribution < 1.29 is 4.74 Å². The highest BCUT2D eigenvalue weighted by atomic mass is 32.2. The lowest BCUT2D eigenvalue weighted by atomic mass is 10.1. The van der Waals surface area contributed by atoms with Crippen molar-refractivity contribution in [2.45, 2.75) is 24.3 Å². The Balaban J connectivity index is 2.35. The third-order valence-corrected chi connectivity index (χ3v) is 4.21. The lowest BCUT2D eigenvalue weighted by Gasteiger charge is -2.35. The lowest BCUT2D eigenvalue weighted by molar-refractivity contribution is 0.0384. The molecule has 1 heterocycles. The Bertz CT molecular complexity index is 464. The number of nitrogens with one attached hydrogen (secondary N) is 1. The lowest BCUT2D eigenvalue weighted by Crippen LogP contribution is -2.43. The summed E-state index contributed by atoms with van der Waals surface area (Å²) < 4.78 is 5.70. The van der Waals surface area contributed by atoms with Crippen molar-refractivity contribution in [3.63, 3.8) is 0 Å². The first-order valence-corrected chi connectivity index (χ1v) is 7.77. The number of amidine groups is 1. The highest BCUT2D eigenvalue weighted by molar-refractivity contribution is 7.98. The Hall–Kier alpha value is -1.20. The number of nitrogens with two attached hydrogens (primary N) is 1. The topological polar surface area (TPSA) is 62.3 Å². The molecule has 1 saturated heterocycles. The minimum atomic E-state index is 0.138. The quantitative estimate of drug-likeness (QED) is 0.504. The summed E-state index contributed by atoms with van der Waals surface area (Å²) in [5.74, 6) is 0.138. The highest BCUT2D eigenvalue weighted by Gasteiger charge is 2.22. The van der Waals surface area contributed by atoms with Crippen molar-refractivity contribution in [2.75, 3.05) is 30.9 Å². The maximum Gasteiger partial charge on any atom is 0.126 e. The standard InChI is InChI=1S/C14H21N3OS/c1-3-10-9-17(7-8-18-10)11-5-4-6-12(19-2)13(11)14(15)16/h4-6,10H,3,7-9H2,1-2H3,(H3,15,16). The number of nitrogens with zero attached hydrogens (tertiary/aromatic N) is 1. The molecule has 4 nitrogen and oxygen atoms in total. The second-order valence-electron chi connectivity index (χ2n) is 4.62. The van der Waals surface area contributed by atoms with Gasteiger partial charge in [-0.2, -0.15) is 0 Å². The molecule has 1 aliphatic rings. The zero-order valence-corrected chi connectivity index (χ0v) is 12.3. The fourth-order valence-corrected chi connectivity index (χ4v) is 3.04. The predicted octanol–water partition coefficient (Wildman–Crippen LogP) is 2.31. The molecule has 0 spiro atoms. The maximum absolute atomic E-state index is 7.84.